The van der Waals surface area contributed by atoms with Gasteiger partial charge < -0.3 is 10.8 Å². The highest BCUT2D eigenvalue weighted by Gasteiger charge is 2.14. The van der Waals surface area contributed by atoms with E-state index in [0.717, 1.165) is 0 Å². The van der Waals surface area contributed by atoms with Gasteiger partial charge in [0.2, 0.25) is 15.9 Å². The first-order valence-corrected chi connectivity index (χ1v) is 5.10. The fourth-order valence-electron chi connectivity index (χ4n) is 0.521. The van der Waals surface area contributed by atoms with Gasteiger partial charge in [-0.05, 0) is 0 Å². The molecule has 0 aromatic carbocycles. The molecule has 4 N–H and O–H groups in total. The number of nitrogens with one attached hydrogen (secondary N) is 1. The van der Waals surface area contributed by atoms with Crippen LogP contribution < -0.4 is 10.5 Å². The molecule has 0 aliphatic heterocycles. The molecule has 0 heterocycles. The SMILES string of the molecule is C=CCS(=O)(=O)NCC(O)C(N)=O. The molecule has 0 aliphatic carbocycles. The summed E-state index contributed by atoms with van der Waals surface area (Å²) in [4.78, 5) is 10.3. The summed E-state index contributed by atoms with van der Waals surface area (Å²) in [5.74, 6) is -1.24. The second kappa shape index (κ2) is 4.95. The van der Waals surface area contributed by atoms with Crippen molar-refractivity contribution in [3.8, 4) is 0 Å². The number of carbonyl (C=O) groups is 1. The van der Waals surface area contributed by atoms with E-state index in [1.807, 2.05) is 4.72 Å². The fraction of sp³-hybridized carbons (Fsp3) is 0.500. The molecule has 0 saturated carbocycles. The van der Waals surface area contributed by atoms with E-state index in [1.165, 1.54) is 6.08 Å². The smallest absolute Gasteiger partial charge is 0.247 e. The average Bonchev–Trinajstić information content (AvgIpc) is 2.00. The van der Waals surface area contributed by atoms with Gasteiger partial charge >= 0.3 is 0 Å². The van der Waals surface area contributed by atoms with Gasteiger partial charge in [-0.25, -0.2) is 13.1 Å². The van der Waals surface area contributed by atoms with Gasteiger partial charge in [0, 0.05) is 6.54 Å². The Morgan fingerprint density at radius 3 is 2.62 bits per heavy atom. The highest BCUT2D eigenvalue weighted by atomic mass is 32.2. The number of aliphatic hydroxyl groups is 1. The van der Waals surface area contributed by atoms with Gasteiger partial charge in [0.25, 0.3) is 0 Å². The van der Waals surface area contributed by atoms with E-state index in [-0.39, 0.29) is 5.75 Å². The largest absolute Gasteiger partial charge is 0.382 e. The molecule has 0 rings (SSSR count). The Bertz CT molecular complexity index is 285. The zero-order chi connectivity index (χ0) is 10.5. The molecule has 0 spiro atoms. The molecule has 13 heavy (non-hydrogen) atoms. The standard InChI is InChI=1S/C6H12N2O4S/c1-2-3-13(11,12)8-4-5(9)6(7)10/h2,5,8-9H,1,3-4H2,(H2,7,10). The zero-order valence-electron chi connectivity index (χ0n) is 6.93. The molecule has 0 aromatic rings. The van der Waals surface area contributed by atoms with Crippen molar-refractivity contribution in [2.45, 2.75) is 6.10 Å². The molecule has 0 aliphatic rings. The first kappa shape index (κ1) is 12.1. The fourth-order valence-corrected chi connectivity index (χ4v) is 1.36. The second-order valence-electron chi connectivity index (χ2n) is 2.34. The number of amides is 1. The Labute approximate surface area is 76.5 Å². The van der Waals surface area contributed by atoms with Crippen molar-refractivity contribution in [3.05, 3.63) is 12.7 Å². The lowest BCUT2D eigenvalue weighted by Crippen LogP contribution is -2.40. The van der Waals surface area contributed by atoms with Gasteiger partial charge in [-0.15, -0.1) is 6.58 Å². The van der Waals surface area contributed by atoms with E-state index in [0.29, 0.717) is 0 Å². The van der Waals surface area contributed by atoms with Crippen LogP contribution >= 0.6 is 0 Å². The quantitative estimate of drug-likeness (QED) is 0.436. The maximum absolute atomic E-state index is 10.9. The monoisotopic (exact) mass is 208 g/mol. The average molecular weight is 208 g/mol. The van der Waals surface area contributed by atoms with Gasteiger partial charge in [0.05, 0.1) is 5.75 Å². The summed E-state index contributed by atoms with van der Waals surface area (Å²) in [6, 6.07) is 0. The minimum absolute atomic E-state index is 0.265. The summed E-state index contributed by atoms with van der Waals surface area (Å²) in [7, 11) is -3.50. The van der Waals surface area contributed by atoms with Crippen LogP contribution in [-0.2, 0) is 14.8 Å². The molecular weight excluding hydrogens is 196 g/mol. The lowest BCUT2D eigenvalue weighted by atomic mass is 10.3. The lowest BCUT2D eigenvalue weighted by Gasteiger charge is -2.07. The molecule has 76 valence electrons. The van der Waals surface area contributed by atoms with Crippen LogP contribution in [0.3, 0.4) is 0 Å². The van der Waals surface area contributed by atoms with Gasteiger partial charge in [-0.2, -0.15) is 0 Å². The van der Waals surface area contributed by atoms with Gasteiger partial charge in [0.1, 0.15) is 6.10 Å². The molecular formula is C6H12N2O4S. The van der Waals surface area contributed by atoms with Crippen LogP contribution in [0.1, 0.15) is 0 Å². The first-order chi connectivity index (χ1) is 5.89. The molecule has 0 bridgehead atoms. The number of nitrogens with two attached hydrogens (primary N) is 1. The number of aliphatic hydroxyl groups excluding tert-OH is 1. The van der Waals surface area contributed by atoms with Crippen LogP contribution in [0.2, 0.25) is 0 Å². The maximum atomic E-state index is 10.9. The van der Waals surface area contributed by atoms with Gasteiger partial charge in [0.15, 0.2) is 0 Å². The Balaban J connectivity index is 4.02. The number of sulfonamides is 1. The van der Waals surface area contributed by atoms with Crippen molar-refractivity contribution in [1.29, 1.82) is 0 Å². The maximum Gasteiger partial charge on any atom is 0.247 e. The lowest BCUT2D eigenvalue weighted by molar-refractivity contribution is -0.125. The molecule has 0 aromatic heterocycles. The number of hydrogen-bond donors (Lipinski definition) is 3. The van der Waals surface area contributed by atoms with Gasteiger partial charge in [-0.3, -0.25) is 4.79 Å². The van der Waals surface area contributed by atoms with Crippen LogP contribution in [0.4, 0.5) is 0 Å². The van der Waals surface area contributed by atoms with Crippen LogP contribution in [0.5, 0.6) is 0 Å². The predicted octanol–water partition coefficient (Wildman–Crippen LogP) is -2.06. The van der Waals surface area contributed by atoms with Crippen LogP contribution in [0, 0.1) is 0 Å². The van der Waals surface area contributed by atoms with E-state index in [4.69, 9.17) is 10.8 Å². The Kier molecular flexibility index (Phi) is 4.60. The van der Waals surface area contributed by atoms with Crippen LogP contribution in [0.25, 0.3) is 0 Å². The summed E-state index contributed by atoms with van der Waals surface area (Å²) in [6.07, 6.45) is -0.307. The molecule has 0 radical (unpaired) electrons. The summed E-state index contributed by atoms with van der Waals surface area (Å²) >= 11 is 0. The number of rotatable bonds is 6. The minimum atomic E-state index is -3.50. The highest BCUT2D eigenvalue weighted by molar-refractivity contribution is 7.89. The molecule has 1 unspecified atom stereocenters. The van der Waals surface area contributed by atoms with Crippen molar-refractivity contribution in [1.82, 2.24) is 4.72 Å². The van der Waals surface area contributed by atoms with Crippen molar-refractivity contribution < 1.29 is 18.3 Å². The summed E-state index contributed by atoms with van der Waals surface area (Å²) in [6.45, 7) is 2.82. The van der Waals surface area contributed by atoms with Crippen molar-refractivity contribution in [2.75, 3.05) is 12.3 Å². The number of primary amides is 1. The van der Waals surface area contributed by atoms with Crippen LogP contribution in [0.15, 0.2) is 12.7 Å². The normalized spacial score (nSPS) is 13.6. The molecule has 1 amide bonds. The van der Waals surface area contributed by atoms with Crippen molar-refractivity contribution in [2.24, 2.45) is 5.73 Å². The first-order valence-electron chi connectivity index (χ1n) is 3.44. The zero-order valence-corrected chi connectivity index (χ0v) is 7.75. The Morgan fingerprint density at radius 2 is 2.23 bits per heavy atom. The third-order valence-electron chi connectivity index (χ3n) is 1.16. The van der Waals surface area contributed by atoms with Crippen molar-refractivity contribution >= 4 is 15.9 Å². The third kappa shape index (κ3) is 5.34. The highest BCUT2D eigenvalue weighted by Crippen LogP contribution is 1.86. The summed E-state index contributed by atoms with van der Waals surface area (Å²) in [5, 5.41) is 8.83. The number of carbonyl (C=O) groups excluding carboxylic acids is 1. The minimum Gasteiger partial charge on any atom is -0.382 e. The Morgan fingerprint density at radius 1 is 1.69 bits per heavy atom. The van der Waals surface area contributed by atoms with Crippen LogP contribution in [-0.4, -0.2) is 37.8 Å². The topological polar surface area (TPSA) is 109 Å². The number of hydrogen-bond acceptors (Lipinski definition) is 4. The Hall–Kier alpha value is -0.920. The summed E-state index contributed by atoms with van der Waals surface area (Å²) < 4.78 is 23.8. The third-order valence-corrected chi connectivity index (χ3v) is 2.44. The summed E-state index contributed by atoms with van der Waals surface area (Å²) in [5.41, 5.74) is 4.70. The molecule has 0 saturated heterocycles. The van der Waals surface area contributed by atoms with Gasteiger partial charge in [-0.1, -0.05) is 6.08 Å². The van der Waals surface area contributed by atoms with E-state index in [2.05, 4.69) is 6.58 Å². The predicted molar refractivity (Wildman–Crippen MR) is 47.2 cm³/mol. The van der Waals surface area contributed by atoms with E-state index in [9.17, 15) is 13.2 Å². The molecule has 7 heteroatoms. The second-order valence-corrected chi connectivity index (χ2v) is 4.19. The molecule has 1 atom stereocenters. The van der Waals surface area contributed by atoms with E-state index in [1.54, 1.807) is 0 Å². The molecule has 6 nitrogen and oxygen atoms in total. The van der Waals surface area contributed by atoms with E-state index < -0.39 is 28.6 Å². The van der Waals surface area contributed by atoms with E-state index >= 15 is 0 Å². The van der Waals surface area contributed by atoms with Crippen molar-refractivity contribution in [3.63, 3.8) is 0 Å². The molecule has 0 fully saturated rings.